The Balaban J connectivity index is 1.99. The van der Waals surface area contributed by atoms with Crippen molar-refractivity contribution in [2.75, 3.05) is 6.54 Å². The minimum Gasteiger partial charge on any atom is -0.435 e. The number of carbonyl (C=O) groups is 2. The van der Waals surface area contributed by atoms with Crippen LogP contribution in [0.15, 0.2) is 30.3 Å². The van der Waals surface area contributed by atoms with E-state index < -0.39 is 16.7 Å². The number of amides is 2. The van der Waals surface area contributed by atoms with Crippen molar-refractivity contribution in [1.29, 1.82) is 0 Å². The number of carbonyl (C=O) groups excluding carboxylic acids is 1. The number of rotatable bonds is 4. The first-order chi connectivity index (χ1) is 9.96. The summed E-state index contributed by atoms with van der Waals surface area (Å²) < 4.78 is -0.629. The van der Waals surface area contributed by atoms with Gasteiger partial charge in [0.2, 0.25) is 0 Å². The van der Waals surface area contributed by atoms with E-state index in [1.165, 1.54) is 0 Å². The SMILES string of the molecule is C[C@@H]1C[C@@H](O)C[N@+]1(C(=O)O)C(=O)CCCc1ccccc1. The maximum Gasteiger partial charge on any atom is 0.521 e. The number of aryl methyl sites for hydroxylation is 1. The first kappa shape index (κ1) is 15.7. The molecule has 1 saturated heterocycles. The molecule has 0 unspecified atom stereocenters. The highest BCUT2D eigenvalue weighted by Gasteiger charge is 2.55. The normalized spacial score (nSPS) is 28.5. The van der Waals surface area contributed by atoms with Gasteiger partial charge in [0.1, 0.15) is 18.7 Å². The molecule has 0 spiro atoms. The molecule has 1 heterocycles. The summed E-state index contributed by atoms with van der Waals surface area (Å²) in [7, 11) is 0. The van der Waals surface area contributed by atoms with Crippen LogP contribution in [0.5, 0.6) is 0 Å². The van der Waals surface area contributed by atoms with Crippen molar-refractivity contribution in [3.63, 3.8) is 0 Å². The fraction of sp³-hybridized carbons (Fsp3) is 0.500. The molecule has 3 atom stereocenters. The average Bonchev–Trinajstić information content (AvgIpc) is 2.76. The third-order valence-electron chi connectivity index (χ3n) is 4.35. The standard InChI is InChI=1S/C16H21NO4/c1-12-10-14(18)11-17(12,16(20)21)15(19)9-5-8-13-6-3-2-4-7-13/h2-4,6-7,12,14,18H,5,8-11H2,1H3/p+1/t12-,14-,17-/m1/s1. The highest BCUT2D eigenvalue weighted by molar-refractivity contribution is 5.80. The van der Waals surface area contributed by atoms with Crippen LogP contribution in [-0.4, -0.2) is 45.4 Å². The van der Waals surface area contributed by atoms with Crippen LogP contribution >= 0.6 is 0 Å². The van der Waals surface area contributed by atoms with Crippen LogP contribution in [0.3, 0.4) is 0 Å². The topological polar surface area (TPSA) is 74.6 Å². The minimum absolute atomic E-state index is 0.0132. The number of hydrogen-bond donors (Lipinski definition) is 2. The second kappa shape index (κ2) is 6.37. The summed E-state index contributed by atoms with van der Waals surface area (Å²) in [5, 5.41) is 19.2. The number of aliphatic hydroxyl groups is 1. The van der Waals surface area contributed by atoms with E-state index >= 15 is 0 Å². The largest absolute Gasteiger partial charge is 0.521 e. The number of imide groups is 1. The van der Waals surface area contributed by atoms with Gasteiger partial charge in [-0.15, -0.1) is 0 Å². The molecule has 0 bridgehead atoms. The predicted molar refractivity (Wildman–Crippen MR) is 77.6 cm³/mol. The van der Waals surface area contributed by atoms with E-state index in [-0.39, 0.29) is 24.9 Å². The first-order valence-corrected chi connectivity index (χ1v) is 7.33. The maximum atomic E-state index is 12.4. The van der Waals surface area contributed by atoms with Crippen LogP contribution in [0.1, 0.15) is 31.7 Å². The Morgan fingerprint density at radius 2 is 1.95 bits per heavy atom. The summed E-state index contributed by atoms with van der Waals surface area (Å²) in [4.78, 5) is 24.0. The van der Waals surface area contributed by atoms with Gasteiger partial charge < -0.3 is 10.2 Å². The molecule has 0 saturated carbocycles. The minimum atomic E-state index is -1.15. The molecular formula is C16H22NO4+. The van der Waals surface area contributed by atoms with Gasteiger partial charge in [0.25, 0.3) is 0 Å². The van der Waals surface area contributed by atoms with E-state index in [2.05, 4.69) is 0 Å². The Morgan fingerprint density at radius 1 is 1.29 bits per heavy atom. The molecule has 1 aromatic rings. The molecule has 2 amide bonds. The lowest BCUT2D eigenvalue weighted by atomic mass is 10.1. The number of nitrogens with zero attached hydrogens (tertiary/aromatic N) is 1. The van der Waals surface area contributed by atoms with E-state index in [1.807, 2.05) is 30.3 Å². The van der Waals surface area contributed by atoms with Crippen LogP contribution < -0.4 is 0 Å². The fourth-order valence-corrected chi connectivity index (χ4v) is 3.17. The molecule has 1 aliphatic heterocycles. The van der Waals surface area contributed by atoms with Crippen molar-refractivity contribution < 1.29 is 24.3 Å². The zero-order chi connectivity index (χ0) is 15.5. The molecule has 1 aliphatic rings. The molecule has 0 radical (unpaired) electrons. The maximum absolute atomic E-state index is 12.4. The van der Waals surface area contributed by atoms with Crippen molar-refractivity contribution in [3.05, 3.63) is 35.9 Å². The molecule has 21 heavy (non-hydrogen) atoms. The van der Waals surface area contributed by atoms with Crippen molar-refractivity contribution >= 4 is 12.0 Å². The molecule has 5 heteroatoms. The van der Waals surface area contributed by atoms with E-state index in [1.54, 1.807) is 6.92 Å². The summed E-state index contributed by atoms with van der Waals surface area (Å²) in [6, 6.07) is 9.44. The highest BCUT2D eigenvalue weighted by Crippen LogP contribution is 2.29. The van der Waals surface area contributed by atoms with Gasteiger partial charge in [0, 0.05) is 6.42 Å². The molecular weight excluding hydrogens is 270 g/mol. The van der Waals surface area contributed by atoms with Crippen molar-refractivity contribution in [3.8, 4) is 0 Å². The van der Waals surface area contributed by atoms with E-state index in [0.717, 1.165) is 12.0 Å². The fourth-order valence-electron chi connectivity index (χ4n) is 3.17. The Kier molecular flexibility index (Phi) is 4.75. The summed E-state index contributed by atoms with van der Waals surface area (Å²) in [5.41, 5.74) is 1.14. The number of hydrogen-bond acceptors (Lipinski definition) is 3. The van der Waals surface area contributed by atoms with Gasteiger partial charge in [-0.25, -0.2) is 4.79 Å². The lowest BCUT2D eigenvalue weighted by Crippen LogP contribution is -2.59. The third kappa shape index (κ3) is 3.14. The molecule has 5 nitrogen and oxygen atoms in total. The van der Waals surface area contributed by atoms with Gasteiger partial charge in [-0.3, -0.25) is 0 Å². The quantitative estimate of drug-likeness (QED) is 0.834. The Hall–Kier alpha value is -1.72. The van der Waals surface area contributed by atoms with Gasteiger partial charge in [-0.2, -0.15) is 9.28 Å². The molecule has 1 aromatic carbocycles. The number of likely N-dealkylation sites (tertiary alicyclic amines) is 1. The summed E-state index contributed by atoms with van der Waals surface area (Å²) in [5.74, 6) is -0.303. The molecule has 2 N–H and O–H groups in total. The van der Waals surface area contributed by atoms with Crippen LogP contribution in [0.4, 0.5) is 4.79 Å². The second-order valence-electron chi connectivity index (χ2n) is 5.81. The second-order valence-corrected chi connectivity index (χ2v) is 5.81. The molecule has 114 valence electrons. The summed E-state index contributed by atoms with van der Waals surface area (Å²) >= 11 is 0. The zero-order valence-electron chi connectivity index (χ0n) is 12.2. The Bertz CT molecular complexity index is 516. The third-order valence-corrected chi connectivity index (χ3v) is 4.35. The predicted octanol–water partition coefficient (Wildman–Crippen LogP) is 2.18. The van der Waals surface area contributed by atoms with Crippen LogP contribution in [0.2, 0.25) is 0 Å². The van der Waals surface area contributed by atoms with Gasteiger partial charge in [-0.05, 0) is 25.3 Å². The molecule has 2 rings (SSSR count). The number of aliphatic hydroxyl groups excluding tert-OH is 1. The van der Waals surface area contributed by atoms with Gasteiger partial charge in [0.15, 0.2) is 0 Å². The number of carboxylic acid groups (broad SMARTS) is 1. The van der Waals surface area contributed by atoms with Crippen LogP contribution in [0, 0.1) is 0 Å². The lowest BCUT2D eigenvalue weighted by Gasteiger charge is -2.29. The van der Waals surface area contributed by atoms with Crippen molar-refractivity contribution in [2.45, 2.75) is 44.8 Å². The van der Waals surface area contributed by atoms with Crippen molar-refractivity contribution in [2.24, 2.45) is 0 Å². The van der Waals surface area contributed by atoms with Gasteiger partial charge in [-0.1, -0.05) is 30.3 Å². The number of quaternary nitrogens is 1. The van der Waals surface area contributed by atoms with Crippen LogP contribution in [-0.2, 0) is 11.2 Å². The Labute approximate surface area is 124 Å². The smallest absolute Gasteiger partial charge is 0.435 e. The monoisotopic (exact) mass is 292 g/mol. The average molecular weight is 292 g/mol. The number of benzene rings is 1. The summed E-state index contributed by atoms with van der Waals surface area (Å²) in [6.45, 7) is 1.71. The first-order valence-electron chi connectivity index (χ1n) is 7.33. The van der Waals surface area contributed by atoms with Crippen molar-refractivity contribution in [1.82, 2.24) is 0 Å². The van der Waals surface area contributed by atoms with Crippen LogP contribution in [0.25, 0.3) is 0 Å². The van der Waals surface area contributed by atoms with E-state index in [9.17, 15) is 19.8 Å². The summed E-state index contributed by atoms with van der Waals surface area (Å²) in [6.07, 6.45) is 0.0924. The highest BCUT2D eigenvalue weighted by atomic mass is 16.4. The van der Waals surface area contributed by atoms with E-state index in [4.69, 9.17) is 0 Å². The van der Waals surface area contributed by atoms with Gasteiger partial charge in [0.05, 0.1) is 6.42 Å². The lowest BCUT2D eigenvalue weighted by molar-refractivity contribution is -0.794. The zero-order valence-corrected chi connectivity index (χ0v) is 12.2. The van der Waals surface area contributed by atoms with Gasteiger partial charge >= 0.3 is 12.0 Å². The molecule has 0 aliphatic carbocycles. The van der Waals surface area contributed by atoms with E-state index in [0.29, 0.717) is 12.8 Å². The molecule has 0 aromatic heterocycles. The Morgan fingerprint density at radius 3 is 2.48 bits per heavy atom. The molecule has 1 fully saturated rings.